The van der Waals surface area contributed by atoms with E-state index in [1.165, 1.54) is 11.1 Å². The molecule has 2 aromatic carbocycles. The number of hydrogen-bond donors (Lipinski definition) is 0. The molecule has 136 valence electrons. The second kappa shape index (κ2) is 8.79. The minimum atomic E-state index is -0.0219. The van der Waals surface area contributed by atoms with Gasteiger partial charge in [-0.1, -0.05) is 49.4 Å². The molecule has 0 aliphatic carbocycles. The van der Waals surface area contributed by atoms with E-state index < -0.39 is 0 Å². The van der Waals surface area contributed by atoms with Gasteiger partial charge in [0, 0.05) is 31.0 Å². The van der Waals surface area contributed by atoms with Crippen LogP contribution in [0.5, 0.6) is 0 Å². The molecule has 0 spiro atoms. The maximum atomic E-state index is 12.8. The fourth-order valence-electron chi connectivity index (χ4n) is 3.61. The van der Waals surface area contributed by atoms with E-state index in [9.17, 15) is 9.59 Å². The zero-order valence-electron chi connectivity index (χ0n) is 15.5. The summed E-state index contributed by atoms with van der Waals surface area (Å²) in [6.07, 6.45) is 4.10. The van der Waals surface area contributed by atoms with E-state index in [0.29, 0.717) is 13.0 Å². The molecule has 0 bridgehead atoms. The van der Waals surface area contributed by atoms with Crippen LogP contribution >= 0.6 is 0 Å². The number of ketones is 1. The fraction of sp³-hybridized carbons (Fsp3) is 0.391. The summed E-state index contributed by atoms with van der Waals surface area (Å²) in [6, 6.07) is 18.0. The lowest BCUT2D eigenvalue weighted by molar-refractivity contribution is -0.124. The summed E-state index contributed by atoms with van der Waals surface area (Å²) in [7, 11) is 0. The molecule has 0 N–H and O–H groups in total. The minimum Gasteiger partial charge on any atom is -0.338 e. The molecule has 0 unspecified atom stereocenters. The van der Waals surface area contributed by atoms with Gasteiger partial charge in [-0.15, -0.1) is 0 Å². The number of benzene rings is 2. The molecule has 0 saturated carbocycles. The topological polar surface area (TPSA) is 37.4 Å². The minimum absolute atomic E-state index is 0.0219. The van der Waals surface area contributed by atoms with Crippen LogP contribution in [0.25, 0.3) is 0 Å². The van der Waals surface area contributed by atoms with Crippen molar-refractivity contribution in [3.05, 3.63) is 71.3 Å². The first-order chi connectivity index (χ1) is 12.7. The Balaban J connectivity index is 1.57. The standard InChI is InChI=1S/C23H27NO2/c1-2-18-10-13-20(14-11-18)23(26)24-16-6-9-21(17-24)22(25)15-12-19-7-4-3-5-8-19/h3-5,7-8,10-11,13-14,21H,2,6,9,12,15-17H2,1H3/t21-/m0/s1. The van der Waals surface area contributed by atoms with E-state index in [-0.39, 0.29) is 17.6 Å². The number of Topliss-reactive ketones (excluding diaryl/α,β-unsaturated/α-hetero) is 1. The smallest absolute Gasteiger partial charge is 0.253 e. The normalized spacial score (nSPS) is 17.1. The number of amides is 1. The Morgan fingerprint density at radius 2 is 1.73 bits per heavy atom. The Hall–Kier alpha value is -2.42. The van der Waals surface area contributed by atoms with Crippen LogP contribution in [-0.4, -0.2) is 29.7 Å². The molecule has 1 heterocycles. The van der Waals surface area contributed by atoms with Gasteiger partial charge in [-0.2, -0.15) is 0 Å². The van der Waals surface area contributed by atoms with Crippen LogP contribution in [0.2, 0.25) is 0 Å². The van der Waals surface area contributed by atoms with Crippen molar-refractivity contribution in [2.75, 3.05) is 13.1 Å². The summed E-state index contributed by atoms with van der Waals surface area (Å²) < 4.78 is 0. The Kier molecular flexibility index (Phi) is 6.21. The molecule has 1 aliphatic heterocycles. The number of likely N-dealkylation sites (tertiary alicyclic amines) is 1. The molecule has 0 aromatic heterocycles. The number of rotatable bonds is 6. The summed E-state index contributed by atoms with van der Waals surface area (Å²) in [5.74, 6) is 0.312. The van der Waals surface area contributed by atoms with Gasteiger partial charge in [0.15, 0.2) is 0 Å². The fourth-order valence-corrected chi connectivity index (χ4v) is 3.61. The SMILES string of the molecule is CCc1ccc(C(=O)N2CCC[C@H](C(=O)CCc3ccccc3)C2)cc1. The zero-order chi connectivity index (χ0) is 18.4. The predicted octanol–water partition coefficient (Wildman–Crippen LogP) is 4.30. The average Bonchev–Trinajstić information content (AvgIpc) is 2.72. The molecule has 3 rings (SSSR count). The molecule has 26 heavy (non-hydrogen) atoms. The zero-order valence-corrected chi connectivity index (χ0v) is 15.5. The molecule has 1 saturated heterocycles. The Bertz CT molecular complexity index is 737. The summed E-state index contributed by atoms with van der Waals surface area (Å²) >= 11 is 0. The molecular weight excluding hydrogens is 322 g/mol. The van der Waals surface area contributed by atoms with E-state index >= 15 is 0 Å². The number of aryl methyl sites for hydroxylation is 2. The van der Waals surface area contributed by atoms with Crippen LogP contribution in [0.15, 0.2) is 54.6 Å². The first-order valence-corrected chi connectivity index (χ1v) is 9.62. The summed E-state index contributed by atoms with van der Waals surface area (Å²) in [5.41, 5.74) is 3.15. The number of carbonyl (C=O) groups is 2. The first-order valence-electron chi connectivity index (χ1n) is 9.62. The van der Waals surface area contributed by atoms with Crippen LogP contribution in [0.3, 0.4) is 0 Å². The number of nitrogens with zero attached hydrogens (tertiary/aromatic N) is 1. The quantitative estimate of drug-likeness (QED) is 0.779. The second-order valence-corrected chi connectivity index (χ2v) is 7.09. The lowest BCUT2D eigenvalue weighted by Crippen LogP contribution is -2.42. The van der Waals surface area contributed by atoms with Crippen molar-refractivity contribution in [1.29, 1.82) is 0 Å². The highest BCUT2D eigenvalue weighted by atomic mass is 16.2. The molecule has 3 nitrogen and oxygen atoms in total. The third kappa shape index (κ3) is 4.60. The summed E-state index contributed by atoms with van der Waals surface area (Å²) in [6.45, 7) is 3.41. The van der Waals surface area contributed by atoms with E-state index in [1.807, 2.05) is 47.4 Å². The highest BCUT2D eigenvalue weighted by Gasteiger charge is 2.28. The molecule has 1 aliphatic rings. The number of hydrogen-bond acceptors (Lipinski definition) is 2. The third-order valence-corrected chi connectivity index (χ3v) is 5.28. The van der Waals surface area contributed by atoms with Gasteiger partial charge in [0.05, 0.1) is 0 Å². The van der Waals surface area contributed by atoms with E-state index in [2.05, 4.69) is 19.1 Å². The van der Waals surface area contributed by atoms with Gasteiger partial charge in [-0.3, -0.25) is 9.59 Å². The number of carbonyl (C=O) groups excluding carboxylic acids is 2. The van der Waals surface area contributed by atoms with Gasteiger partial charge in [-0.05, 0) is 48.9 Å². The highest BCUT2D eigenvalue weighted by Crippen LogP contribution is 2.21. The van der Waals surface area contributed by atoms with Crippen LogP contribution in [0, 0.1) is 5.92 Å². The monoisotopic (exact) mass is 349 g/mol. The maximum Gasteiger partial charge on any atom is 0.253 e. The van der Waals surface area contributed by atoms with Crippen LogP contribution in [0.1, 0.15) is 47.7 Å². The lowest BCUT2D eigenvalue weighted by atomic mass is 9.90. The van der Waals surface area contributed by atoms with Gasteiger partial charge >= 0.3 is 0 Å². The largest absolute Gasteiger partial charge is 0.338 e. The molecule has 1 amide bonds. The van der Waals surface area contributed by atoms with Crippen LogP contribution < -0.4 is 0 Å². The Morgan fingerprint density at radius 3 is 2.42 bits per heavy atom. The number of piperidine rings is 1. The Labute approximate surface area is 156 Å². The molecule has 0 radical (unpaired) electrons. The van der Waals surface area contributed by atoms with E-state index in [0.717, 1.165) is 37.8 Å². The molecule has 3 heteroatoms. The molecule has 1 fully saturated rings. The van der Waals surface area contributed by atoms with Gasteiger partial charge in [0.1, 0.15) is 5.78 Å². The van der Waals surface area contributed by atoms with Crippen molar-refractivity contribution in [3.8, 4) is 0 Å². The molecule has 1 atom stereocenters. The summed E-state index contributed by atoms with van der Waals surface area (Å²) in [4.78, 5) is 27.2. The van der Waals surface area contributed by atoms with Crippen molar-refractivity contribution < 1.29 is 9.59 Å². The van der Waals surface area contributed by atoms with Crippen molar-refractivity contribution in [2.24, 2.45) is 5.92 Å². The van der Waals surface area contributed by atoms with Gasteiger partial charge in [-0.25, -0.2) is 0 Å². The van der Waals surface area contributed by atoms with E-state index in [1.54, 1.807) is 0 Å². The first kappa shape index (κ1) is 18.4. The van der Waals surface area contributed by atoms with Crippen molar-refractivity contribution in [1.82, 2.24) is 4.90 Å². The van der Waals surface area contributed by atoms with Gasteiger partial charge < -0.3 is 4.90 Å². The third-order valence-electron chi connectivity index (χ3n) is 5.28. The van der Waals surface area contributed by atoms with Crippen molar-refractivity contribution >= 4 is 11.7 Å². The average molecular weight is 349 g/mol. The Morgan fingerprint density at radius 1 is 1.00 bits per heavy atom. The maximum absolute atomic E-state index is 12.8. The van der Waals surface area contributed by atoms with Crippen LogP contribution in [0.4, 0.5) is 0 Å². The highest BCUT2D eigenvalue weighted by molar-refractivity contribution is 5.94. The summed E-state index contributed by atoms with van der Waals surface area (Å²) in [5, 5.41) is 0. The van der Waals surface area contributed by atoms with E-state index in [4.69, 9.17) is 0 Å². The van der Waals surface area contributed by atoms with Crippen molar-refractivity contribution in [2.45, 2.75) is 39.0 Å². The van der Waals surface area contributed by atoms with Gasteiger partial charge in [0.2, 0.25) is 0 Å². The lowest BCUT2D eigenvalue weighted by Gasteiger charge is -2.32. The molecular formula is C23H27NO2. The molecule has 2 aromatic rings. The second-order valence-electron chi connectivity index (χ2n) is 7.09. The van der Waals surface area contributed by atoms with Gasteiger partial charge in [0.25, 0.3) is 5.91 Å². The van der Waals surface area contributed by atoms with Crippen LogP contribution in [-0.2, 0) is 17.6 Å². The predicted molar refractivity (Wildman–Crippen MR) is 104 cm³/mol. The van der Waals surface area contributed by atoms with Crippen molar-refractivity contribution in [3.63, 3.8) is 0 Å².